The Morgan fingerprint density at radius 1 is 1.09 bits per heavy atom. The monoisotopic (exact) mass is 332 g/mol. The molecule has 1 aromatic heterocycles. The number of rotatable bonds is 4. The summed E-state index contributed by atoms with van der Waals surface area (Å²) in [5.74, 6) is 0. The fraction of sp³-hybridized carbons (Fsp3) is 0.188. The molecule has 0 aliphatic carbocycles. The smallest absolute Gasteiger partial charge is 0.240 e. The quantitative estimate of drug-likeness (QED) is 0.735. The van der Waals surface area contributed by atoms with Gasteiger partial charge in [0.15, 0.2) is 0 Å². The first-order chi connectivity index (χ1) is 10.5. The third-order valence-electron chi connectivity index (χ3n) is 3.43. The highest BCUT2D eigenvalue weighted by Gasteiger charge is 2.21. The van der Waals surface area contributed by atoms with Crippen LogP contribution in [0.2, 0.25) is 0 Å². The zero-order chi connectivity index (χ0) is 15.7. The molecule has 0 atom stereocenters. The first kappa shape index (κ1) is 15.1. The van der Waals surface area contributed by atoms with Crippen LogP contribution in [-0.4, -0.2) is 24.8 Å². The summed E-state index contributed by atoms with van der Waals surface area (Å²) in [5.41, 5.74) is 1.94. The lowest BCUT2D eigenvalue weighted by Crippen LogP contribution is -2.26. The third-order valence-corrected chi connectivity index (χ3v) is 6.26. The number of sulfonamides is 1. The Kier molecular flexibility index (Phi) is 3.99. The predicted octanol–water partition coefficient (Wildman–Crippen LogP) is 3.43. The van der Waals surface area contributed by atoms with Crippen molar-refractivity contribution < 1.29 is 8.42 Å². The highest BCUT2D eigenvalue weighted by Crippen LogP contribution is 2.24. The van der Waals surface area contributed by atoms with E-state index in [1.807, 2.05) is 31.2 Å². The molecule has 0 saturated carbocycles. The summed E-state index contributed by atoms with van der Waals surface area (Å²) in [6, 6.07) is 14.7. The van der Waals surface area contributed by atoms with Crippen molar-refractivity contribution >= 4 is 31.6 Å². The molecule has 3 aromatic rings. The fourth-order valence-corrected chi connectivity index (χ4v) is 4.39. The molecule has 0 bridgehead atoms. The van der Waals surface area contributed by atoms with Gasteiger partial charge in [-0.1, -0.05) is 29.8 Å². The first-order valence-electron chi connectivity index (χ1n) is 6.84. The number of nitrogens with zero attached hydrogens (tertiary/aromatic N) is 2. The zero-order valence-corrected chi connectivity index (χ0v) is 14.0. The normalized spacial score (nSPS) is 12.1. The maximum atomic E-state index is 12.6. The SMILES string of the molecule is Cc1ccc(S(=O)(=O)N(C)Cc2nc3ccccc3s2)cc1. The van der Waals surface area contributed by atoms with Crippen molar-refractivity contribution in [3.05, 3.63) is 59.1 Å². The van der Waals surface area contributed by atoms with Gasteiger partial charge in [0.25, 0.3) is 0 Å². The number of aromatic nitrogens is 1. The van der Waals surface area contributed by atoms with Crippen LogP contribution in [0.1, 0.15) is 10.6 Å². The van der Waals surface area contributed by atoms with Crippen molar-refractivity contribution in [3.63, 3.8) is 0 Å². The minimum Gasteiger partial charge on any atom is -0.240 e. The molecule has 0 unspecified atom stereocenters. The van der Waals surface area contributed by atoms with Crippen molar-refractivity contribution in [2.45, 2.75) is 18.4 Å². The lowest BCUT2D eigenvalue weighted by atomic mass is 10.2. The molecular weight excluding hydrogens is 316 g/mol. The summed E-state index contributed by atoms with van der Waals surface area (Å²) in [5, 5.41) is 0.791. The highest BCUT2D eigenvalue weighted by atomic mass is 32.2. The Morgan fingerprint density at radius 2 is 1.77 bits per heavy atom. The summed E-state index contributed by atoms with van der Waals surface area (Å²) in [4.78, 5) is 4.79. The number of thiazole rings is 1. The van der Waals surface area contributed by atoms with Crippen molar-refractivity contribution in [3.8, 4) is 0 Å². The molecule has 114 valence electrons. The minimum absolute atomic E-state index is 0.273. The molecule has 0 spiro atoms. The van der Waals surface area contributed by atoms with Gasteiger partial charge in [-0.3, -0.25) is 0 Å². The molecule has 2 aromatic carbocycles. The van der Waals surface area contributed by atoms with Crippen LogP contribution >= 0.6 is 11.3 Å². The van der Waals surface area contributed by atoms with Crippen LogP contribution in [0.15, 0.2) is 53.4 Å². The Labute approximate surface area is 134 Å². The first-order valence-corrected chi connectivity index (χ1v) is 9.10. The van der Waals surface area contributed by atoms with Gasteiger partial charge in [0.2, 0.25) is 10.0 Å². The molecular formula is C16H16N2O2S2. The van der Waals surface area contributed by atoms with E-state index in [4.69, 9.17) is 0 Å². The lowest BCUT2D eigenvalue weighted by Gasteiger charge is -2.15. The van der Waals surface area contributed by atoms with Crippen LogP contribution in [0, 0.1) is 6.92 Å². The average molecular weight is 332 g/mol. The largest absolute Gasteiger partial charge is 0.243 e. The molecule has 0 fully saturated rings. The van der Waals surface area contributed by atoms with E-state index in [-0.39, 0.29) is 6.54 Å². The summed E-state index contributed by atoms with van der Waals surface area (Å²) in [6.45, 7) is 2.21. The molecule has 22 heavy (non-hydrogen) atoms. The van der Waals surface area contributed by atoms with Gasteiger partial charge >= 0.3 is 0 Å². The van der Waals surface area contributed by atoms with E-state index in [2.05, 4.69) is 4.98 Å². The Bertz CT molecular complexity index is 866. The molecule has 3 rings (SSSR count). The molecule has 6 heteroatoms. The van der Waals surface area contributed by atoms with E-state index in [9.17, 15) is 8.42 Å². The maximum absolute atomic E-state index is 12.6. The molecule has 0 amide bonds. The fourth-order valence-electron chi connectivity index (χ4n) is 2.15. The second-order valence-corrected chi connectivity index (χ2v) is 8.31. The minimum atomic E-state index is -3.49. The van der Waals surface area contributed by atoms with Crippen molar-refractivity contribution in [2.24, 2.45) is 0 Å². The number of benzene rings is 2. The Morgan fingerprint density at radius 3 is 2.45 bits per heavy atom. The van der Waals surface area contributed by atoms with Crippen LogP contribution in [-0.2, 0) is 16.6 Å². The van der Waals surface area contributed by atoms with Crippen LogP contribution in [0.5, 0.6) is 0 Å². The average Bonchev–Trinajstić information content (AvgIpc) is 2.89. The van der Waals surface area contributed by atoms with E-state index in [1.54, 1.807) is 31.3 Å². The number of aryl methyl sites for hydroxylation is 1. The summed E-state index contributed by atoms with van der Waals surface area (Å²) < 4.78 is 27.5. The van der Waals surface area contributed by atoms with Crippen molar-refractivity contribution in [1.82, 2.24) is 9.29 Å². The standard InChI is InChI=1S/C16H16N2O2S2/c1-12-7-9-13(10-8-12)22(19,20)18(2)11-16-17-14-5-3-4-6-15(14)21-16/h3-10H,11H2,1-2H3. The van der Waals surface area contributed by atoms with Gasteiger partial charge in [0.05, 0.1) is 21.7 Å². The van der Waals surface area contributed by atoms with Gasteiger partial charge in [-0.25, -0.2) is 13.4 Å². The summed E-state index contributed by atoms with van der Waals surface area (Å²) in [7, 11) is -1.91. The highest BCUT2D eigenvalue weighted by molar-refractivity contribution is 7.89. The van der Waals surface area contributed by atoms with Gasteiger partial charge < -0.3 is 0 Å². The van der Waals surface area contributed by atoms with Crippen molar-refractivity contribution in [1.29, 1.82) is 0 Å². The van der Waals surface area contributed by atoms with E-state index in [0.717, 1.165) is 20.8 Å². The molecule has 0 aliphatic rings. The Balaban J connectivity index is 1.86. The summed E-state index contributed by atoms with van der Waals surface area (Å²) in [6.07, 6.45) is 0. The van der Waals surface area contributed by atoms with E-state index >= 15 is 0 Å². The van der Waals surface area contributed by atoms with Crippen LogP contribution in [0.4, 0.5) is 0 Å². The number of para-hydroxylation sites is 1. The van der Waals surface area contributed by atoms with Gasteiger partial charge in [-0.2, -0.15) is 4.31 Å². The predicted molar refractivity (Wildman–Crippen MR) is 89.5 cm³/mol. The number of fused-ring (bicyclic) bond motifs is 1. The number of hydrogen-bond acceptors (Lipinski definition) is 4. The number of hydrogen-bond donors (Lipinski definition) is 0. The molecule has 0 radical (unpaired) electrons. The lowest BCUT2D eigenvalue weighted by molar-refractivity contribution is 0.466. The molecule has 1 heterocycles. The molecule has 4 nitrogen and oxygen atoms in total. The van der Waals surface area contributed by atoms with Crippen LogP contribution in [0.3, 0.4) is 0 Å². The van der Waals surface area contributed by atoms with E-state index in [0.29, 0.717) is 4.90 Å². The summed E-state index contributed by atoms with van der Waals surface area (Å²) >= 11 is 1.52. The van der Waals surface area contributed by atoms with Crippen molar-refractivity contribution in [2.75, 3.05) is 7.05 Å². The molecule has 0 saturated heterocycles. The zero-order valence-electron chi connectivity index (χ0n) is 12.4. The Hall–Kier alpha value is -1.76. The molecule has 0 aliphatic heterocycles. The maximum Gasteiger partial charge on any atom is 0.243 e. The van der Waals surface area contributed by atoms with Gasteiger partial charge in [0.1, 0.15) is 5.01 Å². The van der Waals surface area contributed by atoms with E-state index < -0.39 is 10.0 Å². The second kappa shape index (κ2) is 5.79. The molecule has 0 N–H and O–H groups in total. The van der Waals surface area contributed by atoms with E-state index in [1.165, 1.54) is 15.6 Å². The van der Waals surface area contributed by atoms with Gasteiger partial charge in [-0.15, -0.1) is 11.3 Å². The third kappa shape index (κ3) is 2.90. The second-order valence-electron chi connectivity index (χ2n) is 5.15. The van der Waals surface area contributed by atoms with Gasteiger partial charge in [-0.05, 0) is 31.2 Å². The topological polar surface area (TPSA) is 50.3 Å². The van der Waals surface area contributed by atoms with Crippen LogP contribution < -0.4 is 0 Å². The van der Waals surface area contributed by atoms with Gasteiger partial charge in [0, 0.05) is 7.05 Å². The van der Waals surface area contributed by atoms with Crippen LogP contribution in [0.25, 0.3) is 10.2 Å².